The van der Waals surface area contributed by atoms with Crippen LogP contribution in [0.4, 0.5) is 5.69 Å². The highest BCUT2D eigenvalue weighted by Crippen LogP contribution is 2.16. The number of nitrogens with two attached hydrogens (primary N) is 1. The third-order valence-corrected chi connectivity index (χ3v) is 5.21. The van der Waals surface area contributed by atoms with Gasteiger partial charge in [-0.25, -0.2) is 13.2 Å². The van der Waals surface area contributed by atoms with Crippen molar-refractivity contribution in [3.63, 3.8) is 0 Å². The maximum atomic E-state index is 11.8. The number of benzene rings is 1. The molecule has 0 aliphatic rings. The van der Waals surface area contributed by atoms with Crippen LogP contribution in [0.3, 0.4) is 0 Å². The van der Waals surface area contributed by atoms with Crippen molar-refractivity contribution >= 4 is 21.5 Å². The van der Waals surface area contributed by atoms with E-state index in [1.165, 1.54) is 6.07 Å². The Labute approximate surface area is 113 Å². The number of hydrogen-bond donors (Lipinski definition) is 1. The van der Waals surface area contributed by atoms with Gasteiger partial charge in [0.05, 0.1) is 16.1 Å². The molecule has 0 fully saturated rings. The second-order valence-corrected chi connectivity index (χ2v) is 8.06. The zero-order valence-electron chi connectivity index (χ0n) is 11.3. The minimum Gasteiger partial charge on any atom is -0.461 e. The first-order valence-electron chi connectivity index (χ1n) is 5.88. The van der Waals surface area contributed by atoms with E-state index in [0.29, 0.717) is 11.3 Å². The largest absolute Gasteiger partial charge is 0.461 e. The molecular weight excluding hydrogens is 266 g/mol. The fourth-order valence-electron chi connectivity index (χ4n) is 1.30. The third-order valence-electron chi connectivity index (χ3n) is 2.64. The Morgan fingerprint density at radius 2 is 1.95 bits per heavy atom. The van der Waals surface area contributed by atoms with E-state index in [-0.39, 0.29) is 12.4 Å². The molecular formula is C13H19NO4S. The molecule has 1 aromatic rings. The molecule has 0 aliphatic carbocycles. The minimum atomic E-state index is -3.29. The second kappa shape index (κ2) is 5.61. The van der Waals surface area contributed by atoms with Crippen molar-refractivity contribution in [2.45, 2.75) is 25.5 Å². The van der Waals surface area contributed by atoms with Crippen molar-refractivity contribution in [3.8, 4) is 0 Å². The van der Waals surface area contributed by atoms with E-state index in [1.807, 2.05) is 0 Å². The van der Waals surface area contributed by atoms with E-state index in [9.17, 15) is 13.2 Å². The molecule has 0 spiro atoms. The summed E-state index contributed by atoms with van der Waals surface area (Å²) < 4.78 is 27.7. The molecule has 0 saturated heterocycles. The highest BCUT2D eigenvalue weighted by atomic mass is 32.2. The molecule has 0 radical (unpaired) electrons. The lowest BCUT2D eigenvalue weighted by molar-refractivity contribution is 0.0529. The summed E-state index contributed by atoms with van der Waals surface area (Å²) in [6.45, 7) is 4.68. The third kappa shape index (κ3) is 4.24. The Kier molecular flexibility index (Phi) is 4.57. The Morgan fingerprint density at radius 3 is 2.47 bits per heavy atom. The highest BCUT2D eigenvalue weighted by Gasteiger charge is 2.28. The van der Waals surface area contributed by atoms with Gasteiger partial charge < -0.3 is 10.5 Å². The topological polar surface area (TPSA) is 86.5 Å². The molecule has 1 aromatic carbocycles. The van der Waals surface area contributed by atoms with E-state index in [4.69, 9.17) is 10.5 Å². The van der Waals surface area contributed by atoms with Gasteiger partial charge in [-0.15, -0.1) is 0 Å². The Morgan fingerprint density at radius 1 is 1.32 bits per heavy atom. The summed E-state index contributed by atoms with van der Waals surface area (Å²) in [5, 5.41) is 0. The first-order chi connectivity index (χ1) is 8.63. The van der Waals surface area contributed by atoms with Crippen LogP contribution in [-0.2, 0) is 14.6 Å². The number of rotatable bonds is 4. The van der Waals surface area contributed by atoms with Crippen LogP contribution in [0.25, 0.3) is 0 Å². The predicted octanol–water partition coefficient (Wildman–Crippen LogP) is 1.64. The molecule has 0 amide bonds. The van der Waals surface area contributed by atoms with Crippen LogP contribution in [0.2, 0.25) is 0 Å². The molecule has 0 aliphatic heterocycles. The fourth-order valence-corrected chi connectivity index (χ4v) is 2.21. The average molecular weight is 285 g/mol. The van der Waals surface area contributed by atoms with Gasteiger partial charge in [-0.1, -0.05) is 6.07 Å². The van der Waals surface area contributed by atoms with Crippen LogP contribution in [0.15, 0.2) is 24.3 Å². The quantitative estimate of drug-likeness (QED) is 0.671. The van der Waals surface area contributed by atoms with Crippen molar-refractivity contribution in [2.24, 2.45) is 0 Å². The standard InChI is InChI=1S/C13H19NO4S/c1-13(2,3)19(16,17)8-7-18-12(15)10-5-4-6-11(14)9-10/h4-6,9H,7-8,14H2,1-3H3. The van der Waals surface area contributed by atoms with Gasteiger partial charge in [0.1, 0.15) is 6.61 Å². The second-order valence-electron chi connectivity index (χ2n) is 5.19. The lowest BCUT2D eigenvalue weighted by Crippen LogP contribution is -2.32. The maximum absolute atomic E-state index is 11.8. The summed E-state index contributed by atoms with van der Waals surface area (Å²) in [5.41, 5.74) is 6.32. The molecule has 0 aromatic heterocycles. The van der Waals surface area contributed by atoms with Crippen LogP contribution >= 0.6 is 0 Å². The van der Waals surface area contributed by atoms with E-state index < -0.39 is 20.6 Å². The van der Waals surface area contributed by atoms with Gasteiger partial charge in [0.2, 0.25) is 0 Å². The number of anilines is 1. The van der Waals surface area contributed by atoms with Gasteiger partial charge in [0.15, 0.2) is 9.84 Å². The monoisotopic (exact) mass is 285 g/mol. The van der Waals surface area contributed by atoms with E-state index in [2.05, 4.69) is 0 Å². The smallest absolute Gasteiger partial charge is 0.338 e. The van der Waals surface area contributed by atoms with E-state index in [0.717, 1.165) is 0 Å². The predicted molar refractivity (Wildman–Crippen MR) is 74.7 cm³/mol. The number of hydrogen-bond acceptors (Lipinski definition) is 5. The van der Waals surface area contributed by atoms with Crippen molar-refractivity contribution < 1.29 is 17.9 Å². The molecule has 0 bridgehead atoms. The Balaban J connectivity index is 2.58. The summed E-state index contributed by atoms with van der Waals surface area (Å²) in [5.74, 6) is -0.763. The minimum absolute atomic E-state index is 0.159. The first-order valence-corrected chi connectivity index (χ1v) is 7.54. The van der Waals surface area contributed by atoms with Crippen LogP contribution in [-0.4, -0.2) is 31.5 Å². The molecule has 19 heavy (non-hydrogen) atoms. The molecule has 1 rings (SSSR count). The normalized spacial score (nSPS) is 12.2. The Bertz CT molecular complexity index is 558. The van der Waals surface area contributed by atoms with E-state index in [1.54, 1.807) is 39.0 Å². The number of ether oxygens (including phenoxy) is 1. The van der Waals surface area contributed by atoms with Gasteiger partial charge in [-0.3, -0.25) is 0 Å². The highest BCUT2D eigenvalue weighted by molar-refractivity contribution is 7.92. The first kappa shape index (κ1) is 15.5. The lowest BCUT2D eigenvalue weighted by Gasteiger charge is -2.18. The molecule has 5 nitrogen and oxygen atoms in total. The maximum Gasteiger partial charge on any atom is 0.338 e. The SMILES string of the molecule is CC(C)(C)S(=O)(=O)CCOC(=O)c1cccc(N)c1. The van der Waals surface area contributed by atoms with Gasteiger partial charge in [-0.2, -0.15) is 0 Å². The fraction of sp³-hybridized carbons (Fsp3) is 0.462. The molecule has 0 atom stereocenters. The number of esters is 1. The van der Waals surface area contributed by atoms with Crippen molar-refractivity contribution in [3.05, 3.63) is 29.8 Å². The van der Waals surface area contributed by atoms with Gasteiger partial charge in [0, 0.05) is 5.69 Å². The molecule has 6 heteroatoms. The molecule has 0 saturated carbocycles. The van der Waals surface area contributed by atoms with Crippen LogP contribution < -0.4 is 5.73 Å². The van der Waals surface area contributed by atoms with Crippen LogP contribution in [0.1, 0.15) is 31.1 Å². The van der Waals surface area contributed by atoms with Gasteiger partial charge in [0.25, 0.3) is 0 Å². The van der Waals surface area contributed by atoms with Gasteiger partial charge in [-0.05, 0) is 39.0 Å². The summed E-state index contributed by atoms with van der Waals surface area (Å²) >= 11 is 0. The van der Waals surface area contributed by atoms with Gasteiger partial charge >= 0.3 is 5.97 Å². The zero-order valence-corrected chi connectivity index (χ0v) is 12.2. The summed E-state index contributed by atoms with van der Waals surface area (Å²) in [6.07, 6.45) is 0. The number of sulfone groups is 1. The number of carbonyl (C=O) groups is 1. The van der Waals surface area contributed by atoms with Crippen molar-refractivity contribution in [1.29, 1.82) is 0 Å². The molecule has 0 heterocycles. The number of carbonyl (C=O) groups excluding carboxylic acids is 1. The zero-order chi connectivity index (χ0) is 14.7. The van der Waals surface area contributed by atoms with Crippen LogP contribution in [0, 0.1) is 0 Å². The summed E-state index contributed by atoms with van der Waals surface area (Å²) in [4.78, 5) is 11.7. The van der Waals surface area contributed by atoms with Crippen molar-refractivity contribution in [2.75, 3.05) is 18.1 Å². The lowest BCUT2D eigenvalue weighted by atomic mass is 10.2. The van der Waals surface area contributed by atoms with E-state index >= 15 is 0 Å². The molecule has 106 valence electrons. The molecule has 2 N–H and O–H groups in total. The van der Waals surface area contributed by atoms with Crippen molar-refractivity contribution in [1.82, 2.24) is 0 Å². The summed E-state index contributed by atoms with van der Waals surface area (Å²) in [7, 11) is -3.29. The summed E-state index contributed by atoms with van der Waals surface area (Å²) in [6, 6.07) is 6.34. The van der Waals surface area contributed by atoms with Crippen LogP contribution in [0.5, 0.6) is 0 Å². The number of nitrogen functional groups attached to an aromatic ring is 1. The average Bonchev–Trinajstić information content (AvgIpc) is 2.27. The Hall–Kier alpha value is -1.56. The molecule has 0 unspecified atom stereocenters.